The predicted molar refractivity (Wildman–Crippen MR) is 124 cm³/mol. The van der Waals surface area contributed by atoms with Crippen molar-refractivity contribution < 1.29 is 9.53 Å². The van der Waals surface area contributed by atoms with E-state index in [-0.39, 0.29) is 17.4 Å². The second-order valence-corrected chi connectivity index (χ2v) is 9.95. The molecule has 2 aromatic heterocycles. The highest BCUT2D eigenvalue weighted by Gasteiger charge is 2.28. The number of fused-ring (bicyclic) bond motifs is 2. The number of nitrogens with zero attached hydrogens (tertiary/aromatic N) is 5. The van der Waals surface area contributed by atoms with Crippen LogP contribution in [0.15, 0.2) is 4.79 Å². The van der Waals surface area contributed by atoms with Crippen LogP contribution in [0.5, 0.6) is 0 Å². The van der Waals surface area contributed by atoms with Gasteiger partial charge in [0.25, 0.3) is 5.56 Å². The number of hydrogen-bond acceptors (Lipinski definition) is 8. The zero-order valence-electron chi connectivity index (χ0n) is 18.6. The van der Waals surface area contributed by atoms with Crippen LogP contribution in [0.4, 0.5) is 5.13 Å². The molecule has 9 nitrogen and oxygen atoms in total. The number of nitrogens with one attached hydrogen (secondary N) is 1. The minimum atomic E-state index is -0.0444. The van der Waals surface area contributed by atoms with Crippen molar-refractivity contribution in [1.82, 2.24) is 24.8 Å². The Bertz CT molecular complexity index is 1010. The molecule has 1 N–H and O–H groups in total. The quantitative estimate of drug-likeness (QED) is 0.645. The fraction of sp³-hybridized carbons (Fsp3) is 0.727. The van der Waals surface area contributed by atoms with E-state index in [0.29, 0.717) is 18.1 Å². The van der Waals surface area contributed by atoms with Crippen molar-refractivity contribution in [3.63, 3.8) is 0 Å². The summed E-state index contributed by atoms with van der Waals surface area (Å²) < 4.78 is 6.85. The number of carbonyl (C=O) groups is 1. The molecule has 2 aromatic rings. The first kappa shape index (κ1) is 21.8. The largest absolute Gasteiger partial charge is 0.379 e. The molecular formula is C22H32N6O3S. The first-order chi connectivity index (χ1) is 15.7. The highest BCUT2D eigenvalue weighted by atomic mass is 32.1. The number of piperidine rings is 1. The van der Waals surface area contributed by atoms with Crippen molar-refractivity contribution in [3.8, 4) is 0 Å². The molecule has 2 saturated heterocycles. The third-order valence-corrected chi connectivity index (χ3v) is 7.76. The fourth-order valence-electron chi connectivity index (χ4n) is 4.94. The van der Waals surface area contributed by atoms with E-state index in [4.69, 9.17) is 9.72 Å². The van der Waals surface area contributed by atoms with Gasteiger partial charge in [-0.15, -0.1) is 5.10 Å². The van der Waals surface area contributed by atoms with E-state index < -0.39 is 0 Å². The Balaban J connectivity index is 1.19. The molecule has 0 saturated carbocycles. The molecule has 1 aliphatic carbocycles. The lowest BCUT2D eigenvalue weighted by atomic mass is 9.97. The van der Waals surface area contributed by atoms with Crippen molar-refractivity contribution in [1.29, 1.82) is 0 Å². The summed E-state index contributed by atoms with van der Waals surface area (Å²) in [5, 5.41) is 8.53. The SMILES string of the molecule is O=C(NCCCN1CCOCC1)C1CCCN(c2nn3c(=O)c4c(nc3s2)CCCC4)C1. The topological polar surface area (TPSA) is 92.1 Å². The van der Waals surface area contributed by atoms with Crippen molar-refractivity contribution in [2.45, 2.75) is 44.9 Å². The Morgan fingerprint density at radius 2 is 2.00 bits per heavy atom. The third kappa shape index (κ3) is 4.67. The zero-order chi connectivity index (χ0) is 21.9. The molecular weight excluding hydrogens is 428 g/mol. The number of amides is 1. The van der Waals surface area contributed by atoms with E-state index in [9.17, 15) is 9.59 Å². The molecule has 0 aromatic carbocycles. The first-order valence-corrected chi connectivity index (χ1v) is 12.7. The van der Waals surface area contributed by atoms with Crippen LogP contribution < -0.4 is 15.8 Å². The summed E-state index contributed by atoms with van der Waals surface area (Å²) in [4.78, 5) is 35.6. The zero-order valence-corrected chi connectivity index (χ0v) is 19.4. The summed E-state index contributed by atoms with van der Waals surface area (Å²) in [5.41, 5.74) is 1.77. The summed E-state index contributed by atoms with van der Waals surface area (Å²) in [6, 6.07) is 0. The molecule has 1 amide bonds. The number of ether oxygens (including phenoxy) is 1. The van der Waals surface area contributed by atoms with Crippen molar-refractivity contribution in [3.05, 3.63) is 21.6 Å². The average molecular weight is 461 g/mol. The Morgan fingerprint density at radius 3 is 2.88 bits per heavy atom. The monoisotopic (exact) mass is 460 g/mol. The van der Waals surface area contributed by atoms with Gasteiger partial charge >= 0.3 is 0 Å². The number of aryl methyl sites for hydroxylation is 1. The Morgan fingerprint density at radius 1 is 1.16 bits per heavy atom. The molecule has 0 spiro atoms. The Hall–Kier alpha value is -2.04. The molecule has 5 rings (SSSR count). The van der Waals surface area contributed by atoms with Crippen LogP contribution in [0.2, 0.25) is 0 Å². The van der Waals surface area contributed by atoms with Gasteiger partial charge in [0.05, 0.1) is 24.8 Å². The number of anilines is 1. The number of hydrogen-bond donors (Lipinski definition) is 1. The molecule has 174 valence electrons. The lowest BCUT2D eigenvalue weighted by Crippen LogP contribution is -2.44. The van der Waals surface area contributed by atoms with Crippen LogP contribution in [0.3, 0.4) is 0 Å². The van der Waals surface area contributed by atoms with Crippen LogP contribution in [0.25, 0.3) is 4.96 Å². The van der Waals surface area contributed by atoms with Crippen LogP contribution in [-0.4, -0.2) is 77.9 Å². The number of morpholine rings is 1. The highest BCUT2D eigenvalue weighted by molar-refractivity contribution is 7.20. The van der Waals surface area contributed by atoms with Gasteiger partial charge in [0.2, 0.25) is 16.0 Å². The van der Waals surface area contributed by atoms with Gasteiger partial charge in [0.15, 0.2) is 0 Å². The van der Waals surface area contributed by atoms with Gasteiger partial charge in [0.1, 0.15) is 0 Å². The first-order valence-electron chi connectivity index (χ1n) is 11.9. The maximum absolute atomic E-state index is 12.9. The van der Waals surface area contributed by atoms with Crippen LogP contribution in [0.1, 0.15) is 43.4 Å². The lowest BCUT2D eigenvalue weighted by molar-refractivity contribution is -0.125. The second kappa shape index (κ2) is 9.84. The van der Waals surface area contributed by atoms with Crippen LogP contribution in [-0.2, 0) is 22.4 Å². The standard InChI is InChI=1S/C22H32N6O3S/c29-19(23-8-4-9-26-11-13-31-14-12-26)16-5-3-10-27(15-16)22-25-28-20(30)17-6-1-2-7-18(17)24-21(28)32-22/h16H,1-15H2,(H,23,29). The molecule has 2 fully saturated rings. The van der Waals surface area contributed by atoms with Gasteiger partial charge in [-0.25, -0.2) is 4.98 Å². The molecule has 1 atom stereocenters. The smallest absolute Gasteiger partial charge is 0.278 e. The molecule has 10 heteroatoms. The minimum absolute atomic E-state index is 0.0150. The molecule has 1 unspecified atom stereocenters. The van der Waals surface area contributed by atoms with Gasteiger partial charge in [-0.1, -0.05) is 11.3 Å². The molecule has 3 aliphatic rings. The van der Waals surface area contributed by atoms with Crippen molar-refractivity contribution in [2.24, 2.45) is 5.92 Å². The van der Waals surface area contributed by atoms with Gasteiger partial charge in [-0.2, -0.15) is 4.52 Å². The molecule has 0 bridgehead atoms. The van der Waals surface area contributed by atoms with Crippen LogP contribution in [0, 0.1) is 5.92 Å². The third-order valence-electron chi connectivity index (χ3n) is 6.79. The van der Waals surface area contributed by atoms with E-state index in [0.717, 1.165) is 101 Å². The molecule has 4 heterocycles. The maximum Gasteiger partial charge on any atom is 0.278 e. The number of rotatable bonds is 6. The molecule has 2 aliphatic heterocycles. The van der Waals surface area contributed by atoms with Gasteiger partial charge < -0.3 is 15.0 Å². The van der Waals surface area contributed by atoms with E-state index >= 15 is 0 Å². The maximum atomic E-state index is 12.9. The average Bonchev–Trinajstić information content (AvgIpc) is 3.27. The summed E-state index contributed by atoms with van der Waals surface area (Å²) in [5.74, 6) is 0.0839. The lowest BCUT2D eigenvalue weighted by Gasteiger charge is -2.31. The van der Waals surface area contributed by atoms with Gasteiger partial charge in [0, 0.05) is 38.3 Å². The number of carbonyl (C=O) groups excluding carboxylic acids is 1. The summed E-state index contributed by atoms with van der Waals surface area (Å²) in [6.07, 6.45) is 6.61. The summed E-state index contributed by atoms with van der Waals surface area (Å²) in [6.45, 7) is 6.78. The second-order valence-electron chi connectivity index (χ2n) is 9.01. The minimum Gasteiger partial charge on any atom is -0.379 e. The Labute approximate surface area is 191 Å². The van der Waals surface area contributed by atoms with E-state index in [1.165, 1.54) is 15.9 Å². The molecule has 32 heavy (non-hydrogen) atoms. The van der Waals surface area contributed by atoms with Crippen LogP contribution >= 0.6 is 11.3 Å². The normalized spacial score (nSPS) is 22.1. The number of aromatic nitrogens is 3. The fourth-order valence-corrected chi connectivity index (χ4v) is 5.89. The van der Waals surface area contributed by atoms with Crippen molar-refractivity contribution in [2.75, 3.05) is 57.4 Å². The van der Waals surface area contributed by atoms with Gasteiger partial charge in [-0.05, 0) is 51.5 Å². The highest BCUT2D eigenvalue weighted by Crippen LogP contribution is 2.28. The van der Waals surface area contributed by atoms with E-state index in [1.54, 1.807) is 0 Å². The van der Waals surface area contributed by atoms with E-state index in [2.05, 4.69) is 20.2 Å². The van der Waals surface area contributed by atoms with Gasteiger partial charge in [-0.3, -0.25) is 14.5 Å². The molecule has 0 radical (unpaired) electrons. The van der Waals surface area contributed by atoms with E-state index in [1.807, 2.05) is 0 Å². The Kier molecular flexibility index (Phi) is 6.70. The van der Waals surface area contributed by atoms with Crippen molar-refractivity contribution >= 4 is 27.3 Å². The summed E-state index contributed by atoms with van der Waals surface area (Å²) in [7, 11) is 0. The summed E-state index contributed by atoms with van der Waals surface area (Å²) >= 11 is 1.46. The predicted octanol–water partition coefficient (Wildman–Crippen LogP) is 1.08.